The Morgan fingerprint density at radius 2 is 2.38 bits per heavy atom. The molecule has 1 aromatic rings. The fourth-order valence-corrected chi connectivity index (χ4v) is 1.54. The van der Waals surface area contributed by atoms with Crippen LogP contribution in [0.2, 0.25) is 0 Å². The highest BCUT2D eigenvalue weighted by atomic mass is 16.4. The van der Waals surface area contributed by atoms with Crippen LogP contribution in [-0.2, 0) is 11.1 Å². The highest BCUT2D eigenvalue weighted by molar-refractivity contribution is 6.23. The standard InChI is InChI=1S/C12H16BN2O/c1-3-12(15-13-16-2)8-10-5-4-6-11(7-10)9-14/h4-7,12,15H,3,8H2,1-2H3. The molecule has 0 amide bonds. The van der Waals surface area contributed by atoms with Gasteiger partial charge >= 0.3 is 7.62 Å². The van der Waals surface area contributed by atoms with Crippen LogP contribution in [0.15, 0.2) is 24.3 Å². The molecular weight excluding hydrogens is 199 g/mol. The van der Waals surface area contributed by atoms with E-state index in [1.165, 1.54) is 5.56 Å². The minimum absolute atomic E-state index is 0.342. The Kier molecular flexibility index (Phi) is 5.62. The first kappa shape index (κ1) is 12.8. The van der Waals surface area contributed by atoms with Gasteiger partial charge in [0.15, 0.2) is 0 Å². The van der Waals surface area contributed by atoms with E-state index in [9.17, 15) is 0 Å². The van der Waals surface area contributed by atoms with Crippen LogP contribution >= 0.6 is 0 Å². The molecule has 0 heterocycles. The summed E-state index contributed by atoms with van der Waals surface area (Å²) in [6.45, 7) is 2.12. The molecule has 0 aliphatic heterocycles. The molecule has 1 radical (unpaired) electrons. The van der Waals surface area contributed by atoms with Gasteiger partial charge in [-0.3, -0.25) is 0 Å². The summed E-state index contributed by atoms with van der Waals surface area (Å²) in [7, 11) is 3.22. The van der Waals surface area contributed by atoms with Crippen molar-refractivity contribution in [2.45, 2.75) is 25.8 Å². The molecule has 1 N–H and O–H groups in total. The number of hydrogen-bond acceptors (Lipinski definition) is 3. The van der Waals surface area contributed by atoms with Crippen LogP contribution in [0.1, 0.15) is 24.5 Å². The van der Waals surface area contributed by atoms with Gasteiger partial charge < -0.3 is 9.88 Å². The SMILES string of the molecule is CCC(Cc1cccc(C#N)c1)N[B]OC. The predicted octanol–water partition coefficient (Wildman–Crippen LogP) is 1.65. The molecule has 1 rings (SSSR count). The minimum Gasteiger partial charge on any atom is -0.427 e. The molecule has 4 heteroatoms. The van der Waals surface area contributed by atoms with Gasteiger partial charge in [0.2, 0.25) is 0 Å². The number of nitrogens with zero attached hydrogens (tertiary/aromatic N) is 1. The summed E-state index contributed by atoms with van der Waals surface area (Å²) in [5.41, 5.74) is 1.88. The Morgan fingerprint density at radius 3 is 3.00 bits per heavy atom. The number of rotatable bonds is 6. The van der Waals surface area contributed by atoms with Crippen LogP contribution in [-0.4, -0.2) is 20.8 Å². The van der Waals surface area contributed by atoms with E-state index in [1.807, 2.05) is 24.3 Å². The van der Waals surface area contributed by atoms with Crippen molar-refractivity contribution in [3.8, 4) is 6.07 Å². The fraction of sp³-hybridized carbons (Fsp3) is 0.417. The third kappa shape index (κ3) is 4.05. The van der Waals surface area contributed by atoms with Crippen LogP contribution in [0.25, 0.3) is 0 Å². The molecule has 0 saturated carbocycles. The lowest BCUT2D eigenvalue weighted by Gasteiger charge is -2.15. The summed E-state index contributed by atoms with van der Waals surface area (Å²) in [6, 6.07) is 10.2. The monoisotopic (exact) mass is 215 g/mol. The van der Waals surface area contributed by atoms with Gasteiger partial charge in [0.1, 0.15) is 0 Å². The molecule has 0 saturated heterocycles. The average molecular weight is 215 g/mol. The maximum atomic E-state index is 8.80. The molecule has 0 aromatic heterocycles. The van der Waals surface area contributed by atoms with Crippen molar-refractivity contribution in [3.05, 3.63) is 35.4 Å². The lowest BCUT2D eigenvalue weighted by Crippen LogP contribution is -2.34. The Bertz CT molecular complexity index is 362. The van der Waals surface area contributed by atoms with E-state index in [0.29, 0.717) is 11.6 Å². The van der Waals surface area contributed by atoms with E-state index in [0.717, 1.165) is 12.8 Å². The van der Waals surface area contributed by atoms with E-state index in [2.05, 4.69) is 18.2 Å². The van der Waals surface area contributed by atoms with Gasteiger partial charge in [0.05, 0.1) is 11.6 Å². The molecule has 0 aliphatic rings. The van der Waals surface area contributed by atoms with Crippen molar-refractivity contribution in [2.24, 2.45) is 0 Å². The largest absolute Gasteiger partial charge is 0.427 e. The molecule has 0 spiro atoms. The summed E-state index contributed by atoms with van der Waals surface area (Å²) < 4.78 is 4.87. The zero-order chi connectivity index (χ0) is 11.8. The first-order valence-electron chi connectivity index (χ1n) is 5.39. The van der Waals surface area contributed by atoms with Crippen molar-refractivity contribution < 1.29 is 4.65 Å². The van der Waals surface area contributed by atoms with E-state index in [4.69, 9.17) is 9.92 Å². The summed E-state index contributed by atoms with van der Waals surface area (Å²) in [4.78, 5) is 0. The summed E-state index contributed by atoms with van der Waals surface area (Å²) in [5, 5.41) is 12.0. The second kappa shape index (κ2) is 7.05. The first-order chi connectivity index (χ1) is 7.80. The van der Waals surface area contributed by atoms with Crippen molar-refractivity contribution in [2.75, 3.05) is 7.11 Å². The average Bonchev–Trinajstić information content (AvgIpc) is 2.34. The second-order valence-electron chi connectivity index (χ2n) is 3.64. The van der Waals surface area contributed by atoms with Gasteiger partial charge in [-0.1, -0.05) is 19.1 Å². The number of nitriles is 1. The molecular formula is C12H16BN2O. The maximum absolute atomic E-state index is 8.80. The van der Waals surface area contributed by atoms with Crippen molar-refractivity contribution in [1.29, 1.82) is 5.26 Å². The molecule has 1 atom stereocenters. The van der Waals surface area contributed by atoms with Crippen molar-refractivity contribution in [1.82, 2.24) is 5.23 Å². The van der Waals surface area contributed by atoms with Crippen LogP contribution < -0.4 is 5.23 Å². The summed E-state index contributed by atoms with van der Waals surface area (Å²) in [5.74, 6) is 0. The lowest BCUT2D eigenvalue weighted by atomic mass is 10.00. The second-order valence-corrected chi connectivity index (χ2v) is 3.64. The van der Waals surface area contributed by atoms with E-state index in [-0.39, 0.29) is 0 Å². The minimum atomic E-state index is 0.342. The van der Waals surface area contributed by atoms with E-state index < -0.39 is 0 Å². The van der Waals surface area contributed by atoms with Gasteiger partial charge in [-0.05, 0) is 30.5 Å². The molecule has 1 aromatic carbocycles. The van der Waals surface area contributed by atoms with Gasteiger partial charge in [-0.25, -0.2) is 0 Å². The van der Waals surface area contributed by atoms with Gasteiger partial charge in [-0.15, -0.1) is 0 Å². The molecule has 16 heavy (non-hydrogen) atoms. The number of hydrogen-bond donors (Lipinski definition) is 1. The van der Waals surface area contributed by atoms with Crippen LogP contribution in [0.4, 0.5) is 0 Å². The Hall–Kier alpha value is -1.31. The molecule has 0 fully saturated rings. The van der Waals surface area contributed by atoms with Gasteiger partial charge in [0.25, 0.3) is 0 Å². The number of nitrogens with one attached hydrogen (secondary N) is 1. The molecule has 3 nitrogen and oxygen atoms in total. The molecule has 1 unspecified atom stereocenters. The Morgan fingerprint density at radius 1 is 1.56 bits per heavy atom. The fourth-order valence-electron chi connectivity index (χ4n) is 1.54. The predicted molar refractivity (Wildman–Crippen MR) is 64.8 cm³/mol. The third-order valence-electron chi connectivity index (χ3n) is 2.45. The highest BCUT2D eigenvalue weighted by Gasteiger charge is 2.07. The zero-order valence-electron chi connectivity index (χ0n) is 9.73. The van der Waals surface area contributed by atoms with Crippen molar-refractivity contribution >= 4 is 7.62 Å². The van der Waals surface area contributed by atoms with Gasteiger partial charge in [0, 0.05) is 13.2 Å². The third-order valence-corrected chi connectivity index (χ3v) is 2.45. The Labute approximate surface area is 97.7 Å². The first-order valence-corrected chi connectivity index (χ1v) is 5.39. The van der Waals surface area contributed by atoms with Crippen LogP contribution in [0.3, 0.4) is 0 Å². The van der Waals surface area contributed by atoms with E-state index >= 15 is 0 Å². The quantitative estimate of drug-likeness (QED) is 0.733. The molecule has 0 aliphatic carbocycles. The molecule has 83 valence electrons. The van der Waals surface area contributed by atoms with E-state index in [1.54, 1.807) is 14.7 Å². The number of benzene rings is 1. The maximum Gasteiger partial charge on any atom is 0.395 e. The van der Waals surface area contributed by atoms with Crippen LogP contribution in [0, 0.1) is 11.3 Å². The summed E-state index contributed by atoms with van der Waals surface area (Å²) in [6.07, 6.45) is 1.91. The van der Waals surface area contributed by atoms with Crippen molar-refractivity contribution in [3.63, 3.8) is 0 Å². The lowest BCUT2D eigenvalue weighted by molar-refractivity contribution is 0.417. The normalized spacial score (nSPS) is 11.8. The Balaban J connectivity index is 2.59. The smallest absolute Gasteiger partial charge is 0.395 e. The van der Waals surface area contributed by atoms with Gasteiger partial charge in [-0.2, -0.15) is 5.26 Å². The zero-order valence-corrected chi connectivity index (χ0v) is 9.73. The molecule has 0 bridgehead atoms. The highest BCUT2D eigenvalue weighted by Crippen LogP contribution is 2.08. The summed E-state index contributed by atoms with van der Waals surface area (Å²) >= 11 is 0. The van der Waals surface area contributed by atoms with Crippen LogP contribution in [0.5, 0.6) is 0 Å². The topological polar surface area (TPSA) is 45.0 Å².